The minimum absolute atomic E-state index is 0.0261. The van der Waals surface area contributed by atoms with Crippen molar-refractivity contribution in [2.75, 3.05) is 6.61 Å². The number of hydrogen-bond acceptors (Lipinski definition) is 3. The molecule has 1 unspecified atom stereocenters. The fourth-order valence-corrected chi connectivity index (χ4v) is 2.03. The molecule has 0 radical (unpaired) electrons. The van der Waals surface area contributed by atoms with E-state index in [1.54, 1.807) is 0 Å². The Bertz CT molecular complexity index is 520. The number of carbonyl (C=O) groups is 2. The Morgan fingerprint density at radius 3 is 2.83 bits per heavy atom. The molecule has 0 fully saturated rings. The number of amides is 2. The first kappa shape index (κ1) is 12.2. The fraction of sp³-hybridized carbons (Fsp3) is 0.273. The van der Waals surface area contributed by atoms with Gasteiger partial charge in [-0.1, -0.05) is 0 Å². The van der Waals surface area contributed by atoms with E-state index in [-0.39, 0.29) is 24.3 Å². The average Bonchev–Trinajstić information content (AvgIpc) is 2.29. The number of carbonyl (C=O) groups excluding carboxylic acids is 1. The molecule has 2 rings (SSSR count). The maximum atomic E-state index is 13.2. The molecule has 1 aliphatic rings. The van der Waals surface area contributed by atoms with Crippen LogP contribution in [0, 0.1) is 5.82 Å². The smallest absolute Gasteiger partial charge is 0.334 e. The molecular weight excluding hydrogens is 243 g/mol. The molecule has 2 amide bonds. The third kappa shape index (κ3) is 1.83. The molecule has 7 heteroatoms. The molecule has 0 bridgehead atoms. The Hall–Kier alpha value is -2.31. The number of urea groups is 1. The van der Waals surface area contributed by atoms with E-state index in [0.29, 0.717) is 0 Å². The van der Waals surface area contributed by atoms with E-state index in [1.807, 2.05) is 0 Å². The predicted octanol–water partition coefficient (Wildman–Crippen LogP) is 0.556. The Morgan fingerprint density at radius 2 is 2.22 bits per heavy atom. The van der Waals surface area contributed by atoms with Gasteiger partial charge in [0.15, 0.2) is 5.54 Å². The number of carboxylic acids is 1. The predicted molar refractivity (Wildman–Crippen MR) is 58.5 cm³/mol. The van der Waals surface area contributed by atoms with E-state index >= 15 is 0 Å². The number of nitrogens with one attached hydrogen (secondary N) is 1. The summed E-state index contributed by atoms with van der Waals surface area (Å²) in [5, 5.41) is 11.5. The highest BCUT2D eigenvalue weighted by atomic mass is 19.1. The van der Waals surface area contributed by atoms with E-state index in [2.05, 4.69) is 5.32 Å². The third-order valence-corrected chi connectivity index (χ3v) is 2.84. The van der Waals surface area contributed by atoms with Crippen molar-refractivity contribution in [3.05, 3.63) is 29.6 Å². The molecule has 18 heavy (non-hydrogen) atoms. The first-order valence-corrected chi connectivity index (χ1v) is 5.19. The van der Waals surface area contributed by atoms with Crippen LogP contribution in [0.3, 0.4) is 0 Å². The lowest BCUT2D eigenvalue weighted by Crippen LogP contribution is -2.55. The van der Waals surface area contributed by atoms with Crippen molar-refractivity contribution < 1.29 is 23.8 Å². The minimum atomic E-state index is -1.75. The van der Waals surface area contributed by atoms with Crippen LogP contribution in [0.25, 0.3) is 0 Å². The summed E-state index contributed by atoms with van der Waals surface area (Å²) in [4.78, 5) is 22.4. The zero-order valence-corrected chi connectivity index (χ0v) is 9.27. The molecule has 1 aromatic carbocycles. The van der Waals surface area contributed by atoms with E-state index in [4.69, 9.17) is 10.5 Å². The molecule has 1 aliphatic heterocycles. The van der Waals surface area contributed by atoms with E-state index in [9.17, 15) is 19.1 Å². The molecule has 0 aliphatic carbocycles. The van der Waals surface area contributed by atoms with Crippen LogP contribution in [0.1, 0.15) is 12.0 Å². The number of rotatable bonds is 2. The molecule has 0 saturated heterocycles. The topological polar surface area (TPSA) is 102 Å². The molecule has 96 valence electrons. The van der Waals surface area contributed by atoms with Gasteiger partial charge >= 0.3 is 12.0 Å². The van der Waals surface area contributed by atoms with Crippen LogP contribution in [0.15, 0.2) is 18.2 Å². The van der Waals surface area contributed by atoms with Crippen molar-refractivity contribution in [2.45, 2.75) is 12.0 Å². The van der Waals surface area contributed by atoms with E-state index in [0.717, 1.165) is 12.1 Å². The summed E-state index contributed by atoms with van der Waals surface area (Å²) in [5.41, 5.74) is 3.30. The molecule has 4 N–H and O–H groups in total. The molecule has 1 heterocycles. The van der Waals surface area contributed by atoms with E-state index in [1.165, 1.54) is 6.07 Å². The van der Waals surface area contributed by atoms with Crippen LogP contribution in [-0.4, -0.2) is 23.7 Å². The van der Waals surface area contributed by atoms with Crippen LogP contribution in [-0.2, 0) is 10.3 Å². The lowest BCUT2D eigenvalue weighted by atomic mass is 9.84. The maximum Gasteiger partial charge on any atom is 0.334 e. The van der Waals surface area contributed by atoms with Gasteiger partial charge in [-0.3, -0.25) is 0 Å². The summed E-state index contributed by atoms with van der Waals surface area (Å²) in [6.07, 6.45) is -0.0261. The van der Waals surface area contributed by atoms with Gasteiger partial charge in [-0.15, -0.1) is 0 Å². The van der Waals surface area contributed by atoms with Gasteiger partial charge in [-0.05, 0) is 18.2 Å². The zero-order valence-electron chi connectivity index (χ0n) is 9.27. The molecule has 1 aromatic rings. The monoisotopic (exact) mass is 254 g/mol. The number of fused-ring (bicyclic) bond motifs is 1. The summed E-state index contributed by atoms with van der Waals surface area (Å²) in [6.45, 7) is 0.0885. The van der Waals surface area contributed by atoms with Crippen LogP contribution in [0.2, 0.25) is 0 Å². The highest BCUT2D eigenvalue weighted by Gasteiger charge is 2.46. The Balaban J connectivity index is 2.59. The summed E-state index contributed by atoms with van der Waals surface area (Å²) in [6, 6.07) is 2.51. The summed E-state index contributed by atoms with van der Waals surface area (Å²) in [7, 11) is 0. The number of halogens is 1. The molecule has 1 atom stereocenters. The summed E-state index contributed by atoms with van der Waals surface area (Å²) >= 11 is 0. The van der Waals surface area contributed by atoms with Gasteiger partial charge in [0, 0.05) is 12.0 Å². The number of nitrogens with two attached hydrogens (primary N) is 1. The van der Waals surface area contributed by atoms with Gasteiger partial charge in [0.2, 0.25) is 0 Å². The van der Waals surface area contributed by atoms with Gasteiger partial charge in [0.1, 0.15) is 11.6 Å². The van der Waals surface area contributed by atoms with Crippen molar-refractivity contribution in [1.82, 2.24) is 5.32 Å². The van der Waals surface area contributed by atoms with Crippen LogP contribution in [0.5, 0.6) is 5.75 Å². The summed E-state index contributed by atoms with van der Waals surface area (Å²) in [5.74, 6) is -1.70. The first-order valence-electron chi connectivity index (χ1n) is 5.19. The van der Waals surface area contributed by atoms with Crippen molar-refractivity contribution in [2.24, 2.45) is 5.73 Å². The van der Waals surface area contributed by atoms with Gasteiger partial charge in [0.25, 0.3) is 0 Å². The lowest BCUT2D eigenvalue weighted by molar-refractivity contribution is -0.146. The normalized spacial score (nSPS) is 21.6. The number of primary amides is 1. The number of aliphatic carboxylic acids is 1. The van der Waals surface area contributed by atoms with Crippen LogP contribution >= 0.6 is 0 Å². The first-order chi connectivity index (χ1) is 8.45. The number of benzene rings is 1. The van der Waals surface area contributed by atoms with Crippen LogP contribution < -0.4 is 15.8 Å². The van der Waals surface area contributed by atoms with E-state index < -0.39 is 23.4 Å². The highest BCUT2D eigenvalue weighted by Crippen LogP contribution is 2.37. The standard InChI is InChI=1S/C11H11FN2O4/c12-6-1-2-8-7(5-6)11(9(15)16,3-4-18-8)14-10(13)17/h1-2,5H,3-4H2,(H,15,16)(H3,13,14,17). The second-order valence-electron chi connectivity index (χ2n) is 3.94. The minimum Gasteiger partial charge on any atom is -0.493 e. The second kappa shape index (κ2) is 4.17. The third-order valence-electron chi connectivity index (χ3n) is 2.84. The molecule has 0 saturated carbocycles. The number of carboxylic acid groups (broad SMARTS) is 1. The van der Waals surface area contributed by atoms with Gasteiger partial charge < -0.3 is 20.9 Å². The maximum absolute atomic E-state index is 13.2. The fourth-order valence-electron chi connectivity index (χ4n) is 2.03. The SMILES string of the molecule is NC(=O)NC1(C(=O)O)CCOc2ccc(F)cc21. The Kier molecular flexibility index (Phi) is 2.82. The molecular formula is C11H11FN2O4. The molecule has 0 aromatic heterocycles. The number of hydrogen-bond donors (Lipinski definition) is 3. The average molecular weight is 254 g/mol. The Labute approximate surface area is 102 Å². The van der Waals surface area contributed by atoms with Crippen LogP contribution in [0.4, 0.5) is 9.18 Å². The van der Waals surface area contributed by atoms with Crippen molar-refractivity contribution in [3.63, 3.8) is 0 Å². The zero-order chi connectivity index (χ0) is 13.3. The lowest BCUT2D eigenvalue weighted by Gasteiger charge is -2.35. The number of ether oxygens (including phenoxy) is 1. The largest absolute Gasteiger partial charge is 0.493 e. The molecule has 0 spiro atoms. The Morgan fingerprint density at radius 1 is 1.50 bits per heavy atom. The second-order valence-corrected chi connectivity index (χ2v) is 3.94. The van der Waals surface area contributed by atoms with Gasteiger partial charge in [-0.2, -0.15) is 0 Å². The quantitative estimate of drug-likeness (QED) is 0.717. The van der Waals surface area contributed by atoms with Crippen molar-refractivity contribution in [3.8, 4) is 5.75 Å². The molecule has 6 nitrogen and oxygen atoms in total. The summed E-state index contributed by atoms with van der Waals surface area (Å²) < 4.78 is 18.5. The van der Waals surface area contributed by atoms with Gasteiger partial charge in [0.05, 0.1) is 6.61 Å². The van der Waals surface area contributed by atoms with Gasteiger partial charge in [-0.25, -0.2) is 14.0 Å². The van der Waals surface area contributed by atoms with Crippen molar-refractivity contribution in [1.29, 1.82) is 0 Å². The highest BCUT2D eigenvalue weighted by molar-refractivity contribution is 5.88. The van der Waals surface area contributed by atoms with Crippen molar-refractivity contribution >= 4 is 12.0 Å².